The normalized spacial score (nSPS) is 10.6. The number of phenolic OH excluding ortho intramolecular Hbond substituents is 2. The van der Waals surface area contributed by atoms with E-state index in [4.69, 9.17) is 0 Å². The molecule has 5 nitrogen and oxygen atoms in total. The van der Waals surface area contributed by atoms with Crippen LogP contribution in [0.2, 0.25) is 0 Å². The summed E-state index contributed by atoms with van der Waals surface area (Å²) < 4.78 is 0. The molecule has 5 heteroatoms. The average Bonchev–Trinajstić information content (AvgIpc) is 2.53. The summed E-state index contributed by atoms with van der Waals surface area (Å²) in [6.07, 6.45) is 0. The number of carboxylic acid groups (broad SMARTS) is 1. The molecule has 0 unspecified atom stereocenters. The van der Waals surface area contributed by atoms with Gasteiger partial charge < -0.3 is 15.3 Å². The van der Waals surface area contributed by atoms with Gasteiger partial charge in [-0.25, -0.2) is 4.79 Å². The minimum absolute atomic E-state index is 0.0104. The lowest BCUT2D eigenvalue weighted by molar-refractivity contribution is 0.0692. The second-order valence-corrected chi connectivity index (χ2v) is 5.04. The molecule has 3 aromatic carbocycles. The largest absolute Gasteiger partial charge is 0.508 e. The third kappa shape index (κ3) is 2.48. The molecule has 0 aliphatic heterocycles. The van der Waals surface area contributed by atoms with Crippen molar-refractivity contribution in [1.82, 2.24) is 0 Å². The first kappa shape index (κ1) is 14.6. The molecular formula is C18H12O5. The van der Waals surface area contributed by atoms with Crippen LogP contribution in [0.15, 0.2) is 54.6 Å². The van der Waals surface area contributed by atoms with E-state index >= 15 is 0 Å². The van der Waals surface area contributed by atoms with Crippen molar-refractivity contribution in [3.63, 3.8) is 0 Å². The number of carbonyl (C=O) groups is 2. The summed E-state index contributed by atoms with van der Waals surface area (Å²) >= 11 is 0. The summed E-state index contributed by atoms with van der Waals surface area (Å²) in [5.74, 6) is -2.41. The van der Waals surface area contributed by atoms with Crippen LogP contribution in [-0.4, -0.2) is 27.1 Å². The van der Waals surface area contributed by atoms with Crippen molar-refractivity contribution < 1.29 is 24.9 Å². The van der Waals surface area contributed by atoms with Crippen molar-refractivity contribution >= 4 is 22.5 Å². The van der Waals surface area contributed by atoms with E-state index in [1.165, 1.54) is 12.1 Å². The molecule has 0 atom stereocenters. The van der Waals surface area contributed by atoms with E-state index in [1.54, 1.807) is 30.3 Å². The summed E-state index contributed by atoms with van der Waals surface area (Å²) in [6.45, 7) is 0. The second kappa shape index (κ2) is 5.46. The highest BCUT2D eigenvalue weighted by Gasteiger charge is 2.22. The van der Waals surface area contributed by atoms with Gasteiger partial charge in [-0.15, -0.1) is 0 Å². The van der Waals surface area contributed by atoms with E-state index in [1.807, 2.05) is 0 Å². The lowest BCUT2D eigenvalue weighted by Crippen LogP contribution is -2.10. The molecule has 0 saturated heterocycles. The van der Waals surface area contributed by atoms with Crippen LogP contribution in [0.5, 0.6) is 11.5 Å². The molecule has 0 spiro atoms. The molecule has 0 aliphatic carbocycles. The lowest BCUT2D eigenvalue weighted by atomic mass is 9.93. The Labute approximate surface area is 131 Å². The molecule has 114 valence electrons. The fourth-order valence-corrected chi connectivity index (χ4v) is 2.54. The molecular weight excluding hydrogens is 296 g/mol. The van der Waals surface area contributed by atoms with Crippen LogP contribution >= 0.6 is 0 Å². The monoisotopic (exact) mass is 308 g/mol. The van der Waals surface area contributed by atoms with Crippen molar-refractivity contribution in [3.8, 4) is 11.5 Å². The molecule has 0 radical (unpaired) electrons. The van der Waals surface area contributed by atoms with Gasteiger partial charge in [0.05, 0.1) is 11.1 Å². The number of carboxylic acids is 1. The molecule has 0 aliphatic rings. The van der Waals surface area contributed by atoms with Crippen LogP contribution in [0.1, 0.15) is 26.3 Å². The number of rotatable bonds is 3. The van der Waals surface area contributed by atoms with Crippen molar-refractivity contribution in [2.45, 2.75) is 0 Å². The maximum absolute atomic E-state index is 12.8. The Bertz CT molecular complexity index is 943. The van der Waals surface area contributed by atoms with E-state index in [0.29, 0.717) is 5.39 Å². The van der Waals surface area contributed by atoms with Crippen LogP contribution in [0.25, 0.3) is 10.8 Å². The number of hydrogen-bond donors (Lipinski definition) is 3. The summed E-state index contributed by atoms with van der Waals surface area (Å²) in [5, 5.41) is 30.2. The lowest BCUT2D eigenvalue weighted by Gasteiger charge is -2.10. The minimum atomic E-state index is -1.28. The van der Waals surface area contributed by atoms with Gasteiger partial charge in [0.1, 0.15) is 11.5 Å². The number of ketones is 1. The minimum Gasteiger partial charge on any atom is -0.508 e. The Morgan fingerprint density at radius 3 is 2.30 bits per heavy atom. The highest BCUT2D eigenvalue weighted by molar-refractivity contribution is 6.21. The van der Waals surface area contributed by atoms with Gasteiger partial charge in [0.2, 0.25) is 0 Å². The molecule has 3 N–H and O–H groups in total. The first-order chi connectivity index (χ1) is 11.0. The molecule has 0 amide bonds. The third-order valence-electron chi connectivity index (χ3n) is 3.61. The van der Waals surface area contributed by atoms with Gasteiger partial charge in [0.25, 0.3) is 0 Å². The van der Waals surface area contributed by atoms with E-state index < -0.39 is 11.8 Å². The van der Waals surface area contributed by atoms with Gasteiger partial charge in [-0.2, -0.15) is 0 Å². The number of benzene rings is 3. The number of aromatic carboxylic acids is 1. The highest BCUT2D eigenvalue weighted by Crippen LogP contribution is 2.31. The first-order valence-electron chi connectivity index (χ1n) is 6.81. The van der Waals surface area contributed by atoms with Gasteiger partial charge in [-0.1, -0.05) is 30.3 Å². The molecule has 0 fully saturated rings. The van der Waals surface area contributed by atoms with Crippen molar-refractivity contribution in [2.75, 3.05) is 0 Å². The second-order valence-electron chi connectivity index (χ2n) is 5.04. The van der Waals surface area contributed by atoms with Crippen LogP contribution in [0.3, 0.4) is 0 Å². The van der Waals surface area contributed by atoms with Crippen molar-refractivity contribution in [1.29, 1.82) is 0 Å². The summed E-state index contributed by atoms with van der Waals surface area (Å²) in [6, 6.07) is 13.5. The fourth-order valence-electron chi connectivity index (χ4n) is 2.54. The molecule has 3 aromatic rings. The van der Waals surface area contributed by atoms with Gasteiger partial charge in [-0.05, 0) is 35.0 Å². The number of fused-ring (bicyclic) bond motifs is 1. The quantitative estimate of drug-likeness (QED) is 0.646. The topological polar surface area (TPSA) is 94.8 Å². The number of hydrogen-bond acceptors (Lipinski definition) is 4. The summed E-state index contributed by atoms with van der Waals surface area (Å²) in [7, 11) is 0. The predicted octanol–water partition coefficient (Wildman–Crippen LogP) is 3.18. The van der Waals surface area contributed by atoms with Crippen molar-refractivity contribution in [2.24, 2.45) is 0 Å². The fraction of sp³-hybridized carbons (Fsp3) is 0. The average molecular weight is 308 g/mol. The molecule has 0 saturated carbocycles. The van der Waals surface area contributed by atoms with Gasteiger partial charge in [0.15, 0.2) is 5.78 Å². The van der Waals surface area contributed by atoms with E-state index in [9.17, 15) is 24.9 Å². The smallest absolute Gasteiger partial charge is 0.336 e. The summed E-state index contributed by atoms with van der Waals surface area (Å²) in [4.78, 5) is 24.1. The maximum atomic E-state index is 12.8. The Morgan fingerprint density at radius 1 is 0.826 bits per heavy atom. The first-order valence-corrected chi connectivity index (χ1v) is 6.81. The molecule has 0 heterocycles. The zero-order chi connectivity index (χ0) is 16.6. The molecule has 23 heavy (non-hydrogen) atoms. The van der Waals surface area contributed by atoms with E-state index in [2.05, 4.69) is 0 Å². The van der Waals surface area contributed by atoms with Gasteiger partial charge in [-0.3, -0.25) is 4.79 Å². The van der Waals surface area contributed by atoms with Gasteiger partial charge >= 0.3 is 5.97 Å². The molecule has 0 aromatic heterocycles. The third-order valence-corrected chi connectivity index (χ3v) is 3.61. The Morgan fingerprint density at radius 2 is 1.57 bits per heavy atom. The van der Waals surface area contributed by atoms with Crippen LogP contribution in [-0.2, 0) is 0 Å². The van der Waals surface area contributed by atoms with Crippen LogP contribution in [0, 0.1) is 0 Å². The number of carbonyl (C=O) groups excluding carboxylic acids is 1. The summed E-state index contributed by atoms with van der Waals surface area (Å²) in [5.41, 5.74) is -0.402. The zero-order valence-corrected chi connectivity index (χ0v) is 11.9. The Kier molecular flexibility index (Phi) is 3.46. The van der Waals surface area contributed by atoms with E-state index in [-0.39, 0.29) is 28.2 Å². The zero-order valence-electron chi connectivity index (χ0n) is 11.9. The number of aromatic hydroxyl groups is 2. The Hall–Kier alpha value is -3.34. The molecule has 0 bridgehead atoms. The highest BCUT2D eigenvalue weighted by atomic mass is 16.4. The maximum Gasteiger partial charge on any atom is 0.336 e. The standard InChI is InChI=1S/C18H12O5/c19-11-6-7-13(18(22)23)14(9-11)17(21)16-12-4-2-1-3-10(12)5-8-15(16)20/h1-9,19-20H,(H,22,23). The SMILES string of the molecule is O=C(O)c1ccc(O)cc1C(=O)c1c(O)ccc2ccccc12. The van der Waals surface area contributed by atoms with Crippen molar-refractivity contribution in [3.05, 3.63) is 71.3 Å². The Balaban J connectivity index is 2.29. The predicted molar refractivity (Wildman–Crippen MR) is 84.1 cm³/mol. The van der Waals surface area contributed by atoms with Gasteiger partial charge in [0, 0.05) is 5.56 Å². The number of phenols is 2. The molecule has 3 rings (SSSR count). The van der Waals surface area contributed by atoms with E-state index in [0.717, 1.165) is 17.5 Å². The van der Waals surface area contributed by atoms with Crippen LogP contribution < -0.4 is 0 Å². The van der Waals surface area contributed by atoms with Crippen LogP contribution in [0.4, 0.5) is 0 Å².